The van der Waals surface area contributed by atoms with Crippen LogP contribution in [0.5, 0.6) is 0 Å². The molecule has 5 rings (SSSR count). The average Bonchev–Trinajstić information content (AvgIpc) is 3.45. The number of aryl methyl sites for hydroxylation is 1. The van der Waals surface area contributed by atoms with Gasteiger partial charge in [0.1, 0.15) is 11.2 Å². The Kier molecular flexibility index (Phi) is 6.39. The molecule has 0 radical (unpaired) electrons. The first kappa shape index (κ1) is 23.1. The molecule has 34 heavy (non-hydrogen) atoms. The zero-order valence-electron chi connectivity index (χ0n) is 18.6. The first-order valence-electron chi connectivity index (χ1n) is 10.1. The molecular formula is C23H21N6O4S-. The highest BCUT2D eigenvalue weighted by atomic mass is 32.2. The van der Waals surface area contributed by atoms with Gasteiger partial charge in [-0.3, -0.25) is 18.5 Å². The van der Waals surface area contributed by atoms with Crippen molar-refractivity contribution < 1.29 is 13.6 Å². The number of benzene rings is 1. The zero-order chi connectivity index (χ0) is 24.4. The topological polar surface area (TPSA) is 140 Å². The fourth-order valence-corrected chi connectivity index (χ4v) is 3.78. The second-order valence-electron chi connectivity index (χ2n) is 7.69. The van der Waals surface area contributed by atoms with E-state index in [4.69, 9.17) is 0 Å². The molecule has 1 amide bonds. The maximum atomic E-state index is 12.2. The van der Waals surface area contributed by atoms with Crippen molar-refractivity contribution in [2.45, 2.75) is 4.90 Å². The minimum absolute atomic E-state index is 0.106. The van der Waals surface area contributed by atoms with Gasteiger partial charge in [-0.2, -0.15) is 5.10 Å². The smallest absolute Gasteiger partial charge is 0.261 e. The fraction of sp³-hybridized carbons (Fsp3) is 0.130. The molecule has 4 heterocycles. The summed E-state index contributed by atoms with van der Waals surface area (Å²) in [6, 6.07) is 11.8. The van der Waals surface area contributed by atoms with Crippen molar-refractivity contribution in [3.63, 3.8) is 0 Å². The molecule has 0 saturated carbocycles. The molecule has 1 atom stereocenters. The zero-order valence-corrected chi connectivity index (χ0v) is 19.4. The first-order valence-corrected chi connectivity index (χ1v) is 11.2. The van der Waals surface area contributed by atoms with Crippen molar-refractivity contribution in [1.82, 2.24) is 29.6 Å². The van der Waals surface area contributed by atoms with Gasteiger partial charge in [-0.15, -0.1) is 0 Å². The molecule has 0 spiro atoms. The monoisotopic (exact) mass is 477 g/mol. The molecule has 0 aliphatic rings. The molecule has 4 aromatic heterocycles. The highest BCUT2D eigenvalue weighted by molar-refractivity contribution is 7.79. The second-order valence-corrected chi connectivity index (χ2v) is 8.63. The van der Waals surface area contributed by atoms with Crippen molar-refractivity contribution >= 4 is 38.9 Å². The van der Waals surface area contributed by atoms with Crippen molar-refractivity contribution in [1.29, 1.82) is 0 Å². The molecule has 5 aromatic rings. The van der Waals surface area contributed by atoms with Crippen LogP contribution in [0.4, 0.5) is 0 Å². The minimum Gasteiger partial charge on any atom is -0.768 e. The van der Waals surface area contributed by atoms with Gasteiger partial charge >= 0.3 is 0 Å². The normalized spacial score (nSPS) is 11.8. The number of carbonyl (C=O) groups is 1. The molecule has 0 aliphatic heterocycles. The summed E-state index contributed by atoms with van der Waals surface area (Å²) in [5.41, 5.74) is 2.76. The molecule has 11 heteroatoms. The van der Waals surface area contributed by atoms with Crippen molar-refractivity contribution in [3.05, 3.63) is 77.0 Å². The predicted octanol–water partition coefficient (Wildman–Crippen LogP) is 2.43. The maximum absolute atomic E-state index is 12.2. The average molecular weight is 478 g/mol. The number of aromatic amines is 2. The van der Waals surface area contributed by atoms with Crippen LogP contribution in [0, 0.1) is 0 Å². The number of nitrogens with one attached hydrogen (secondary N) is 2. The third-order valence-corrected chi connectivity index (χ3v) is 5.73. The Hall–Kier alpha value is -4.09. The van der Waals surface area contributed by atoms with E-state index >= 15 is 0 Å². The molecule has 0 saturated heterocycles. The van der Waals surface area contributed by atoms with E-state index in [1.165, 1.54) is 4.90 Å². The Balaban J connectivity index is 0.000000257. The Morgan fingerprint density at radius 3 is 2.41 bits per heavy atom. The lowest BCUT2D eigenvalue weighted by Gasteiger charge is -2.10. The lowest BCUT2D eigenvalue weighted by Crippen LogP contribution is -2.28. The summed E-state index contributed by atoms with van der Waals surface area (Å²) >= 11 is -2.08. The van der Waals surface area contributed by atoms with Crippen LogP contribution < -0.4 is 5.56 Å². The maximum Gasteiger partial charge on any atom is 0.261 e. The number of rotatable bonds is 3. The van der Waals surface area contributed by atoms with Gasteiger partial charge in [0.2, 0.25) is 0 Å². The largest absolute Gasteiger partial charge is 0.768 e. The van der Waals surface area contributed by atoms with Crippen LogP contribution in [0.25, 0.3) is 33.2 Å². The van der Waals surface area contributed by atoms with E-state index in [2.05, 4.69) is 20.1 Å². The number of carbonyl (C=O) groups excluding carboxylic acids is 1. The highest BCUT2D eigenvalue weighted by Crippen LogP contribution is 2.27. The van der Waals surface area contributed by atoms with Gasteiger partial charge in [-0.1, -0.05) is 18.2 Å². The van der Waals surface area contributed by atoms with Crippen LogP contribution in [0.1, 0.15) is 10.4 Å². The van der Waals surface area contributed by atoms with Gasteiger partial charge in [0.25, 0.3) is 11.5 Å². The quantitative estimate of drug-likeness (QED) is 0.383. The number of hydrogen-bond acceptors (Lipinski definition) is 6. The molecule has 10 nitrogen and oxygen atoms in total. The highest BCUT2D eigenvalue weighted by Gasteiger charge is 2.16. The van der Waals surface area contributed by atoms with E-state index in [1.807, 2.05) is 19.3 Å². The van der Waals surface area contributed by atoms with Crippen LogP contribution in [0.2, 0.25) is 0 Å². The van der Waals surface area contributed by atoms with Crippen LogP contribution in [0.3, 0.4) is 0 Å². The Morgan fingerprint density at radius 2 is 1.82 bits per heavy atom. The Bertz CT molecular complexity index is 1570. The Morgan fingerprint density at radius 1 is 1.09 bits per heavy atom. The first-order chi connectivity index (χ1) is 16.2. The van der Waals surface area contributed by atoms with Gasteiger partial charge in [-0.05, 0) is 35.3 Å². The van der Waals surface area contributed by atoms with Gasteiger partial charge in [0, 0.05) is 48.6 Å². The SMILES string of the molecule is CN(C)C(=O)c1cc2c(cnc3[nH]c(-c4cnn(C)c4)cc32)[nH]c1=O.O=S([O-])c1ccccc1. The summed E-state index contributed by atoms with van der Waals surface area (Å²) in [5.74, 6) is -0.337. The number of fused-ring (bicyclic) bond motifs is 3. The van der Waals surface area contributed by atoms with Crippen LogP contribution in [0.15, 0.2) is 70.7 Å². The molecule has 0 bridgehead atoms. The summed E-state index contributed by atoms with van der Waals surface area (Å²) in [6.45, 7) is 0. The summed E-state index contributed by atoms with van der Waals surface area (Å²) in [7, 11) is 5.08. The summed E-state index contributed by atoms with van der Waals surface area (Å²) < 4.78 is 22.1. The van der Waals surface area contributed by atoms with Crippen LogP contribution in [-0.4, -0.2) is 58.4 Å². The standard InChI is InChI=1S/C17H16N6O2.C6H6O2S/c1-22(2)17(25)12-4-10-11-5-13(9-6-19-23(3)8-9)20-15(11)18-7-14(10)21-16(12)24;7-9(8)6-4-2-1-3-5-6/h4-8H,1-3H3,(H,18,20)(H,21,24);1-5H,(H,7,8)/p-1. The van der Waals surface area contributed by atoms with Crippen molar-refractivity contribution in [3.8, 4) is 11.3 Å². The third kappa shape index (κ3) is 4.65. The van der Waals surface area contributed by atoms with Crippen molar-refractivity contribution in [2.24, 2.45) is 7.05 Å². The lowest BCUT2D eigenvalue weighted by molar-refractivity contribution is 0.0826. The fourth-order valence-electron chi connectivity index (χ4n) is 3.40. The molecule has 1 unspecified atom stereocenters. The van der Waals surface area contributed by atoms with E-state index in [0.717, 1.165) is 22.0 Å². The van der Waals surface area contributed by atoms with Gasteiger partial charge in [0.05, 0.1) is 23.6 Å². The van der Waals surface area contributed by atoms with Crippen LogP contribution in [-0.2, 0) is 18.1 Å². The van der Waals surface area contributed by atoms with Gasteiger partial charge in [0.15, 0.2) is 0 Å². The van der Waals surface area contributed by atoms with E-state index < -0.39 is 16.6 Å². The molecule has 0 aliphatic carbocycles. The van der Waals surface area contributed by atoms with Crippen molar-refractivity contribution in [2.75, 3.05) is 14.1 Å². The van der Waals surface area contributed by atoms with Gasteiger partial charge < -0.3 is 19.4 Å². The molecule has 1 aromatic carbocycles. The minimum atomic E-state index is -2.08. The lowest BCUT2D eigenvalue weighted by atomic mass is 10.1. The number of H-pyrrole nitrogens is 2. The number of nitrogens with zero attached hydrogens (tertiary/aromatic N) is 4. The molecule has 174 valence electrons. The van der Waals surface area contributed by atoms with Crippen LogP contribution >= 0.6 is 0 Å². The van der Waals surface area contributed by atoms with E-state index in [-0.39, 0.29) is 11.5 Å². The number of hydrogen-bond donors (Lipinski definition) is 2. The molecular weight excluding hydrogens is 456 g/mol. The molecule has 0 fully saturated rings. The summed E-state index contributed by atoms with van der Waals surface area (Å²) in [4.78, 5) is 36.5. The third-order valence-electron chi connectivity index (χ3n) is 5.07. The summed E-state index contributed by atoms with van der Waals surface area (Å²) in [5, 5.41) is 5.77. The molecule has 2 N–H and O–H groups in total. The second kappa shape index (κ2) is 9.41. The predicted molar refractivity (Wildman–Crippen MR) is 128 cm³/mol. The van der Waals surface area contributed by atoms with Gasteiger partial charge in [-0.25, -0.2) is 4.98 Å². The van der Waals surface area contributed by atoms with E-state index in [9.17, 15) is 18.4 Å². The number of pyridine rings is 2. The Labute approximate surface area is 196 Å². The number of amides is 1. The van der Waals surface area contributed by atoms with E-state index in [0.29, 0.717) is 16.1 Å². The number of aromatic nitrogens is 5. The van der Waals surface area contributed by atoms with E-state index in [1.54, 1.807) is 67.6 Å². The summed E-state index contributed by atoms with van der Waals surface area (Å²) in [6.07, 6.45) is 5.25.